The summed E-state index contributed by atoms with van der Waals surface area (Å²) < 4.78 is 4.88. The Labute approximate surface area is 119 Å². The fourth-order valence-electron chi connectivity index (χ4n) is 1.64. The smallest absolute Gasteiger partial charge is 0.340 e. The topological polar surface area (TPSA) is 102 Å². The molecule has 2 rings (SSSR count). The van der Waals surface area contributed by atoms with Gasteiger partial charge < -0.3 is 9.63 Å². The summed E-state index contributed by atoms with van der Waals surface area (Å²) in [6.07, 6.45) is 0.648. The SMILES string of the molecule is CCc1nc(C)c(C(=O)O)c(SCc2noc(C)n2)n1. The summed E-state index contributed by atoms with van der Waals surface area (Å²) in [6.45, 7) is 5.30. The molecular formula is C12H14N4O3S. The number of carboxylic acid groups (broad SMARTS) is 1. The third-order valence-corrected chi connectivity index (χ3v) is 3.51. The number of carbonyl (C=O) groups is 1. The Morgan fingerprint density at radius 1 is 1.25 bits per heavy atom. The minimum atomic E-state index is -1.03. The van der Waals surface area contributed by atoms with Gasteiger partial charge in [-0.25, -0.2) is 14.8 Å². The van der Waals surface area contributed by atoms with Gasteiger partial charge in [0.2, 0.25) is 5.89 Å². The van der Waals surface area contributed by atoms with E-state index >= 15 is 0 Å². The Balaban J connectivity index is 2.28. The first-order chi connectivity index (χ1) is 9.51. The molecule has 106 valence electrons. The molecule has 7 nitrogen and oxygen atoms in total. The monoisotopic (exact) mass is 294 g/mol. The minimum Gasteiger partial charge on any atom is -0.478 e. The van der Waals surface area contributed by atoms with Gasteiger partial charge in [0.25, 0.3) is 0 Å². The van der Waals surface area contributed by atoms with Gasteiger partial charge in [-0.05, 0) is 6.92 Å². The largest absolute Gasteiger partial charge is 0.478 e. The number of carboxylic acids is 1. The molecule has 2 aromatic rings. The molecule has 0 aromatic carbocycles. The van der Waals surface area contributed by atoms with Gasteiger partial charge in [0.15, 0.2) is 5.82 Å². The third kappa shape index (κ3) is 3.13. The molecule has 0 aliphatic carbocycles. The van der Waals surface area contributed by atoms with Crippen molar-refractivity contribution in [1.82, 2.24) is 20.1 Å². The average Bonchev–Trinajstić information content (AvgIpc) is 2.81. The second-order valence-electron chi connectivity index (χ2n) is 4.08. The summed E-state index contributed by atoms with van der Waals surface area (Å²) >= 11 is 1.27. The van der Waals surface area contributed by atoms with Gasteiger partial charge in [-0.15, -0.1) is 0 Å². The fraction of sp³-hybridized carbons (Fsp3) is 0.417. The predicted octanol–water partition coefficient (Wildman–Crippen LogP) is 2.03. The van der Waals surface area contributed by atoms with Crippen LogP contribution in [0.3, 0.4) is 0 Å². The second kappa shape index (κ2) is 6.00. The molecule has 0 saturated carbocycles. The van der Waals surface area contributed by atoms with E-state index in [1.807, 2.05) is 6.92 Å². The number of nitrogens with zero attached hydrogens (tertiary/aromatic N) is 4. The van der Waals surface area contributed by atoms with Gasteiger partial charge >= 0.3 is 5.97 Å². The lowest BCUT2D eigenvalue weighted by atomic mass is 10.2. The van der Waals surface area contributed by atoms with E-state index < -0.39 is 5.97 Å². The fourth-order valence-corrected chi connectivity index (χ4v) is 2.58. The number of aromatic nitrogens is 4. The van der Waals surface area contributed by atoms with Gasteiger partial charge in [-0.2, -0.15) is 4.98 Å². The Hall–Kier alpha value is -1.96. The Morgan fingerprint density at radius 2 is 2.00 bits per heavy atom. The van der Waals surface area contributed by atoms with E-state index in [-0.39, 0.29) is 5.56 Å². The summed E-state index contributed by atoms with van der Waals surface area (Å²) in [6, 6.07) is 0. The minimum absolute atomic E-state index is 0.132. The van der Waals surface area contributed by atoms with Crippen molar-refractivity contribution in [3.63, 3.8) is 0 Å². The predicted molar refractivity (Wildman–Crippen MR) is 71.7 cm³/mol. The average molecular weight is 294 g/mol. The van der Waals surface area contributed by atoms with Gasteiger partial charge in [0, 0.05) is 13.3 Å². The summed E-state index contributed by atoms with van der Waals surface area (Å²) in [5, 5.41) is 13.5. The molecule has 2 aromatic heterocycles. The molecule has 2 heterocycles. The van der Waals surface area contributed by atoms with Crippen LogP contribution in [0.15, 0.2) is 9.55 Å². The van der Waals surface area contributed by atoms with E-state index in [0.717, 1.165) is 0 Å². The molecule has 0 bridgehead atoms. The van der Waals surface area contributed by atoms with Crippen molar-refractivity contribution in [1.29, 1.82) is 0 Å². The van der Waals surface area contributed by atoms with Crippen molar-refractivity contribution in [3.05, 3.63) is 28.8 Å². The van der Waals surface area contributed by atoms with Crippen LogP contribution in [0.25, 0.3) is 0 Å². The maximum Gasteiger partial charge on any atom is 0.340 e. The molecule has 20 heavy (non-hydrogen) atoms. The van der Waals surface area contributed by atoms with Crippen LogP contribution >= 0.6 is 11.8 Å². The first kappa shape index (κ1) is 14.4. The molecule has 0 aliphatic heterocycles. The molecule has 8 heteroatoms. The molecule has 0 saturated heterocycles. The molecule has 1 N–H and O–H groups in total. The van der Waals surface area contributed by atoms with Crippen LogP contribution in [0.1, 0.15) is 40.5 Å². The van der Waals surface area contributed by atoms with Crippen LogP contribution in [-0.2, 0) is 12.2 Å². The van der Waals surface area contributed by atoms with E-state index in [1.54, 1.807) is 13.8 Å². The molecule has 0 fully saturated rings. The van der Waals surface area contributed by atoms with E-state index in [2.05, 4.69) is 20.1 Å². The lowest BCUT2D eigenvalue weighted by Crippen LogP contribution is -2.09. The van der Waals surface area contributed by atoms with Crippen LogP contribution in [-0.4, -0.2) is 31.2 Å². The van der Waals surface area contributed by atoms with Crippen molar-refractivity contribution in [2.75, 3.05) is 0 Å². The molecule has 0 aliphatic rings. The van der Waals surface area contributed by atoms with Gasteiger partial charge in [-0.1, -0.05) is 23.8 Å². The van der Waals surface area contributed by atoms with Gasteiger partial charge in [-0.3, -0.25) is 0 Å². The van der Waals surface area contributed by atoms with Crippen LogP contribution < -0.4 is 0 Å². The van der Waals surface area contributed by atoms with Crippen LogP contribution in [0.4, 0.5) is 0 Å². The molecule has 0 atom stereocenters. The van der Waals surface area contributed by atoms with Crippen molar-refractivity contribution < 1.29 is 14.4 Å². The van der Waals surface area contributed by atoms with Crippen molar-refractivity contribution in [2.45, 2.75) is 38.0 Å². The standard InChI is InChI=1S/C12H14N4O3S/c1-4-8-13-6(2)10(12(17)18)11(15-8)20-5-9-14-7(3)19-16-9/h4-5H2,1-3H3,(H,17,18). The highest BCUT2D eigenvalue weighted by Gasteiger charge is 2.18. The van der Waals surface area contributed by atoms with E-state index in [4.69, 9.17) is 4.52 Å². The zero-order valence-electron chi connectivity index (χ0n) is 11.4. The van der Waals surface area contributed by atoms with Crippen LogP contribution in [0.5, 0.6) is 0 Å². The Bertz CT molecular complexity index is 642. The highest BCUT2D eigenvalue weighted by Crippen LogP contribution is 2.25. The highest BCUT2D eigenvalue weighted by atomic mass is 32.2. The summed E-state index contributed by atoms with van der Waals surface area (Å²) in [7, 11) is 0. The van der Waals surface area contributed by atoms with Crippen molar-refractivity contribution in [2.24, 2.45) is 0 Å². The van der Waals surface area contributed by atoms with Gasteiger partial charge in [0.1, 0.15) is 16.4 Å². The van der Waals surface area contributed by atoms with Gasteiger partial charge in [0.05, 0.1) is 11.4 Å². The number of thioether (sulfide) groups is 1. The number of rotatable bonds is 5. The van der Waals surface area contributed by atoms with E-state index in [1.165, 1.54) is 11.8 Å². The number of hydrogen-bond donors (Lipinski definition) is 1. The number of hydrogen-bond acceptors (Lipinski definition) is 7. The lowest BCUT2D eigenvalue weighted by molar-refractivity contribution is 0.0690. The Kier molecular flexibility index (Phi) is 4.33. The molecule has 0 radical (unpaired) electrons. The van der Waals surface area contributed by atoms with E-state index in [9.17, 15) is 9.90 Å². The number of aryl methyl sites for hydroxylation is 3. The molecular weight excluding hydrogens is 280 g/mol. The third-order valence-electron chi connectivity index (χ3n) is 2.54. The molecule has 0 spiro atoms. The molecule has 0 unspecified atom stereocenters. The van der Waals surface area contributed by atoms with E-state index in [0.29, 0.717) is 40.4 Å². The van der Waals surface area contributed by atoms with Crippen molar-refractivity contribution >= 4 is 17.7 Å². The van der Waals surface area contributed by atoms with Crippen molar-refractivity contribution in [3.8, 4) is 0 Å². The lowest BCUT2D eigenvalue weighted by Gasteiger charge is -2.08. The summed E-state index contributed by atoms with van der Waals surface area (Å²) in [5.74, 6) is 0.985. The summed E-state index contributed by atoms with van der Waals surface area (Å²) in [4.78, 5) is 23.8. The molecule has 0 amide bonds. The second-order valence-corrected chi connectivity index (χ2v) is 5.05. The zero-order chi connectivity index (χ0) is 14.7. The Morgan fingerprint density at radius 3 is 2.55 bits per heavy atom. The first-order valence-electron chi connectivity index (χ1n) is 6.04. The first-order valence-corrected chi connectivity index (χ1v) is 7.02. The summed E-state index contributed by atoms with van der Waals surface area (Å²) in [5.41, 5.74) is 0.601. The zero-order valence-corrected chi connectivity index (χ0v) is 12.2. The number of aromatic carboxylic acids is 1. The highest BCUT2D eigenvalue weighted by molar-refractivity contribution is 7.98. The quantitative estimate of drug-likeness (QED) is 0.660. The maximum atomic E-state index is 11.3. The maximum absolute atomic E-state index is 11.3. The van der Waals surface area contributed by atoms with Crippen LogP contribution in [0.2, 0.25) is 0 Å². The normalized spacial score (nSPS) is 10.8. The van der Waals surface area contributed by atoms with Crippen LogP contribution in [0, 0.1) is 13.8 Å².